The van der Waals surface area contributed by atoms with E-state index in [4.69, 9.17) is 14.2 Å². The summed E-state index contributed by atoms with van der Waals surface area (Å²) >= 11 is 0. The van der Waals surface area contributed by atoms with Crippen molar-refractivity contribution in [3.8, 4) is 0 Å². The molecule has 0 aromatic heterocycles. The lowest BCUT2D eigenvalue weighted by Gasteiger charge is -2.33. The highest BCUT2D eigenvalue weighted by Gasteiger charge is 2.49. The third kappa shape index (κ3) is 3.25. The molecule has 0 unspecified atom stereocenters. The second-order valence-electron chi connectivity index (χ2n) is 6.42. The maximum atomic E-state index is 12.0. The van der Waals surface area contributed by atoms with E-state index in [1.165, 1.54) is 4.90 Å². The highest BCUT2D eigenvalue weighted by molar-refractivity contribution is 5.89. The first-order valence-corrected chi connectivity index (χ1v) is 6.44. The molecule has 2 aliphatic heterocycles. The molecule has 6 nitrogen and oxygen atoms in total. The van der Waals surface area contributed by atoms with E-state index in [-0.39, 0.29) is 12.3 Å². The van der Waals surface area contributed by atoms with Crippen LogP contribution in [0.5, 0.6) is 0 Å². The average Bonchev–Trinajstić information content (AvgIpc) is 2.50. The van der Waals surface area contributed by atoms with Gasteiger partial charge in [0, 0.05) is 0 Å². The van der Waals surface area contributed by atoms with Gasteiger partial charge in [-0.3, -0.25) is 9.69 Å². The molecule has 0 aliphatic carbocycles. The van der Waals surface area contributed by atoms with Gasteiger partial charge in [0.1, 0.15) is 17.8 Å². The fourth-order valence-electron chi connectivity index (χ4n) is 2.27. The van der Waals surface area contributed by atoms with Crippen LogP contribution >= 0.6 is 0 Å². The molecule has 0 bridgehead atoms. The predicted octanol–water partition coefficient (Wildman–Crippen LogP) is 1.33. The number of Topliss-reactive ketones (excluding diaryl/α,β-unsaturated/α-hetero) is 1. The molecule has 0 N–H and O–H groups in total. The summed E-state index contributed by atoms with van der Waals surface area (Å²) in [5, 5.41) is 0. The number of hydrogen-bond acceptors (Lipinski definition) is 5. The zero-order chi connectivity index (χ0) is 14.4. The molecule has 2 saturated heterocycles. The van der Waals surface area contributed by atoms with Gasteiger partial charge in [0.05, 0.1) is 13.1 Å². The molecular formula is C13H21NO5. The molecular weight excluding hydrogens is 250 g/mol. The molecule has 0 aromatic rings. The van der Waals surface area contributed by atoms with E-state index >= 15 is 0 Å². The van der Waals surface area contributed by atoms with Crippen LogP contribution in [0.4, 0.5) is 4.79 Å². The quantitative estimate of drug-likeness (QED) is 0.665. The van der Waals surface area contributed by atoms with Crippen LogP contribution in [0.2, 0.25) is 0 Å². The predicted molar refractivity (Wildman–Crippen MR) is 66.6 cm³/mol. The first-order chi connectivity index (χ1) is 8.57. The number of amides is 1. The van der Waals surface area contributed by atoms with Crippen LogP contribution in [0.25, 0.3) is 0 Å². The number of carbonyl (C=O) groups is 2. The first-order valence-electron chi connectivity index (χ1n) is 6.44. The van der Waals surface area contributed by atoms with E-state index in [2.05, 4.69) is 0 Å². The van der Waals surface area contributed by atoms with Crippen LogP contribution in [0.15, 0.2) is 0 Å². The van der Waals surface area contributed by atoms with Crippen LogP contribution < -0.4 is 0 Å². The molecule has 6 heteroatoms. The van der Waals surface area contributed by atoms with Gasteiger partial charge < -0.3 is 14.2 Å². The molecule has 0 spiro atoms. The Morgan fingerprint density at radius 3 is 2.58 bits per heavy atom. The first kappa shape index (κ1) is 14.3. The monoisotopic (exact) mass is 271 g/mol. The Balaban J connectivity index is 2.04. The Morgan fingerprint density at radius 1 is 1.37 bits per heavy atom. The Morgan fingerprint density at radius 2 is 2.00 bits per heavy atom. The topological polar surface area (TPSA) is 65.1 Å². The van der Waals surface area contributed by atoms with Crippen molar-refractivity contribution in [2.24, 2.45) is 0 Å². The van der Waals surface area contributed by atoms with Gasteiger partial charge in [0.15, 0.2) is 11.6 Å². The summed E-state index contributed by atoms with van der Waals surface area (Å²) in [6, 6.07) is 0. The summed E-state index contributed by atoms with van der Waals surface area (Å²) < 4.78 is 16.4. The van der Waals surface area contributed by atoms with E-state index in [0.717, 1.165) is 0 Å². The van der Waals surface area contributed by atoms with Crippen molar-refractivity contribution in [2.45, 2.75) is 58.2 Å². The average molecular weight is 271 g/mol. The summed E-state index contributed by atoms with van der Waals surface area (Å²) in [6.07, 6.45) is -1.48. The zero-order valence-corrected chi connectivity index (χ0v) is 12.1. The SMILES string of the molecule is CC(C)(C)OC(=O)N1CC(=O)[C@@H]2OC(C)(C)O[C@@H]2C1. The fourth-order valence-corrected chi connectivity index (χ4v) is 2.27. The Labute approximate surface area is 113 Å². The smallest absolute Gasteiger partial charge is 0.410 e. The number of likely N-dealkylation sites (tertiary alicyclic amines) is 1. The molecule has 1 amide bonds. The number of hydrogen-bond donors (Lipinski definition) is 0. The number of ketones is 1. The summed E-state index contributed by atoms with van der Waals surface area (Å²) in [7, 11) is 0. The van der Waals surface area contributed by atoms with E-state index in [1.54, 1.807) is 34.6 Å². The third-order valence-electron chi connectivity index (χ3n) is 2.90. The minimum atomic E-state index is -0.783. The lowest BCUT2D eigenvalue weighted by molar-refractivity contribution is -0.152. The molecule has 0 saturated carbocycles. The van der Waals surface area contributed by atoms with Gasteiger partial charge in [-0.15, -0.1) is 0 Å². The van der Waals surface area contributed by atoms with Crippen LogP contribution in [-0.2, 0) is 19.0 Å². The zero-order valence-electron chi connectivity index (χ0n) is 12.1. The minimum Gasteiger partial charge on any atom is -0.444 e. The number of piperidine rings is 1. The van der Waals surface area contributed by atoms with Crippen LogP contribution in [0, 0.1) is 0 Å². The molecule has 108 valence electrons. The molecule has 0 radical (unpaired) electrons. The van der Waals surface area contributed by atoms with Crippen LogP contribution in [0.3, 0.4) is 0 Å². The van der Waals surface area contributed by atoms with Gasteiger partial charge in [-0.1, -0.05) is 0 Å². The molecule has 0 aromatic carbocycles. The number of fused-ring (bicyclic) bond motifs is 1. The molecule has 2 rings (SSSR count). The van der Waals surface area contributed by atoms with Crippen molar-refractivity contribution >= 4 is 11.9 Å². The van der Waals surface area contributed by atoms with Crippen molar-refractivity contribution in [1.82, 2.24) is 4.90 Å². The summed E-state index contributed by atoms with van der Waals surface area (Å²) in [4.78, 5) is 25.3. The second kappa shape index (κ2) is 4.45. The molecule has 2 atom stereocenters. The summed E-state index contributed by atoms with van der Waals surface area (Å²) in [6.45, 7) is 9.21. The van der Waals surface area contributed by atoms with Crippen molar-refractivity contribution in [2.75, 3.05) is 13.1 Å². The van der Waals surface area contributed by atoms with E-state index in [1.807, 2.05) is 0 Å². The van der Waals surface area contributed by atoms with Gasteiger partial charge in [0.2, 0.25) is 0 Å². The highest BCUT2D eigenvalue weighted by atomic mass is 16.8. The Bertz CT molecular complexity index is 398. The van der Waals surface area contributed by atoms with Gasteiger partial charge in [-0.25, -0.2) is 4.79 Å². The summed E-state index contributed by atoms with van der Waals surface area (Å²) in [5.74, 6) is -0.928. The van der Waals surface area contributed by atoms with Crippen molar-refractivity contribution in [3.63, 3.8) is 0 Å². The van der Waals surface area contributed by atoms with Gasteiger partial charge in [-0.05, 0) is 34.6 Å². The van der Waals surface area contributed by atoms with Crippen molar-refractivity contribution < 1.29 is 23.8 Å². The van der Waals surface area contributed by atoms with Crippen molar-refractivity contribution in [1.29, 1.82) is 0 Å². The number of nitrogens with zero attached hydrogens (tertiary/aromatic N) is 1. The Kier molecular flexibility index (Phi) is 3.35. The van der Waals surface area contributed by atoms with Gasteiger partial charge in [-0.2, -0.15) is 0 Å². The largest absolute Gasteiger partial charge is 0.444 e. The molecule has 19 heavy (non-hydrogen) atoms. The molecule has 2 aliphatic rings. The Hall–Kier alpha value is -1.14. The maximum Gasteiger partial charge on any atom is 0.410 e. The highest BCUT2D eigenvalue weighted by Crippen LogP contribution is 2.31. The van der Waals surface area contributed by atoms with E-state index in [0.29, 0.717) is 6.54 Å². The number of ether oxygens (including phenoxy) is 3. The lowest BCUT2D eigenvalue weighted by Crippen LogP contribution is -2.54. The molecule has 2 fully saturated rings. The normalized spacial score (nSPS) is 30.2. The van der Waals surface area contributed by atoms with Crippen LogP contribution in [0.1, 0.15) is 34.6 Å². The standard InChI is InChI=1S/C13H21NO5/c1-12(2,3)19-11(16)14-6-8(15)10-9(7-14)17-13(4,5)18-10/h9-10H,6-7H2,1-5H3/t9-,10+/m1/s1. The summed E-state index contributed by atoms with van der Waals surface area (Å²) in [5.41, 5.74) is -0.580. The fraction of sp³-hybridized carbons (Fsp3) is 0.846. The lowest BCUT2D eigenvalue weighted by atomic mass is 10.0. The van der Waals surface area contributed by atoms with Gasteiger partial charge in [0.25, 0.3) is 0 Å². The minimum absolute atomic E-state index is 0.00944. The number of carbonyl (C=O) groups excluding carboxylic acids is 2. The van der Waals surface area contributed by atoms with Crippen molar-refractivity contribution in [3.05, 3.63) is 0 Å². The van der Waals surface area contributed by atoms with Gasteiger partial charge >= 0.3 is 6.09 Å². The van der Waals surface area contributed by atoms with E-state index in [9.17, 15) is 9.59 Å². The third-order valence-corrected chi connectivity index (χ3v) is 2.90. The molecule has 2 heterocycles. The second-order valence-corrected chi connectivity index (χ2v) is 6.42. The maximum absolute atomic E-state index is 12.0. The number of rotatable bonds is 0. The van der Waals surface area contributed by atoms with Crippen LogP contribution in [-0.4, -0.2) is 53.5 Å². The van der Waals surface area contributed by atoms with E-state index < -0.39 is 29.7 Å².